The number of nitrogens with zero attached hydrogens (tertiary/aromatic N) is 4. The van der Waals surface area contributed by atoms with Crippen LogP contribution in [0.1, 0.15) is 69.0 Å². The Morgan fingerprint density at radius 1 is 0.875 bits per heavy atom. The number of methoxy groups -OCH3 is 2. The van der Waals surface area contributed by atoms with Gasteiger partial charge in [0.05, 0.1) is 36.9 Å². The van der Waals surface area contributed by atoms with Crippen LogP contribution in [0, 0.1) is 11.3 Å². The number of ether oxygens (including phenoxy) is 2. The van der Waals surface area contributed by atoms with E-state index in [-0.39, 0.29) is 28.6 Å². The first-order chi connectivity index (χ1) is 27.1. The van der Waals surface area contributed by atoms with Crippen LogP contribution in [0.25, 0.3) is 44.4 Å². The van der Waals surface area contributed by atoms with Gasteiger partial charge in [0.1, 0.15) is 23.1 Å². The second-order valence-electron chi connectivity index (χ2n) is 15.8. The molecule has 3 amide bonds. The number of aromatic nitrogens is 4. The number of alkyl carbamates (subject to hydrolysis) is 1. The van der Waals surface area contributed by atoms with Crippen LogP contribution in [-0.2, 0) is 19.1 Å². The fourth-order valence-corrected chi connectivity index (χ4v) is 9.27. The molecular formula is C43H49N7O5S. The van der Waals surface area contributed by atoms with Crippen LogP contribution in [0.3, 0.4) is 0 Å². The van der Waals surface area contributed by atoms with Gasteiger partial charge in [0, 0.05) is 51.0 Å². The Labute approximate surface area is 331 Å². The molecule has 3 aliphatic rings. The minimum Gasteiger partial charge on any atom is -0.453 e. The van der Waals surface area contributed by atoms with E-state index in [9.17, 15) is 14.4 Å². The van der Waals surface area contributed by atoms with Crippen molar-refractivity contribution in [2.45, 2.75) is 63.4 Å². The van der Waals surface area contributed by atoms with Gasteiger partial charge in [-0.25, -0.2) is 14.8 Å². The number of benzene rings is 3. The molecule has 8 rings (SSSR count). The maximum Gasteiger partial charge on any atom is 0.407 e. The molecule has 3 atom stereocenters. The van der Waals surface area contributed by atoms with Gasteiger partial charge in [-0.2, -0.15) is 0 Å². The number of carbonyl (C=O) groups excluding carboxylic acids is 3. The number of rotatable bonds is 12. The molecule has 0 bridgehead atoms. The van der Waals surface area contributed by atoms with Gasteiger partial charge in [-0.05, 0) is 70.2 Å². The zero-order chi connectivity index (χ0) is 39.0. The first kappa shape index (κ1) is 37.8. The smallest absolute Gasteiger partial charge is 0.407 e. The predicted octanol–water partition coefficient (Wildman–Crippen LogP) is 7.72. The van der Waals surface area contributed by atoms with Gasteiger partial charge < -0.3 is 34.6 Å². The van der Waals surface area contributed by atoms with E-state index in [4.69, 9.17) is 14.5 Å². The Morgan fingerprint density at radius 3 is 2.21 bits per heavy atom. The summed E-state index contributed by atoms with van der Waals surface area (Å²) in [5.74, 6) is 2.71. The quantitative estimate of drug-likeness (QED) is 0.117. The van der Waals surface area contributed by atoms with E-state index in [2.05, 4.69) is 99.7 Å². The lowest BCUT2D eigenvalue weighted by Crippen LogP contribution is -2.48. The monoisotopic (exact) mass is 775 g/mol. The Bertz CT molecular complexity index is 2230. The van der Waals surface area contributed by atoms with E-state index in [0.717, 1.165) is 69.0 Å². The molecule has 3 fully saturated rings. The lowest BCUT2D eigenvalue weighted by molar-refractivity contribution is -0.134. The van der Waals surface area contributed by atoms with Gasteiger partial charge in [0.2, 0.25) is 11.8 Å². The highest BCUT2D eigenvalue weighted by molar-refractivity contribution is 7.99. The summed E-state index contributed by atoms with van der Waals surface area (Å²) in [4.78, 5) is 59.0. The zero-order valence-corrected chi connectivity index (χ0v) is 33.2. The molecule has 3 aromatic carbocycles. The SMILES string of the molecule is COCCC(NC(=O)OC)C(=O)N1CCSC1c1ncc(-c2ccc(-c3ccc4cc(-c5cnc(C6CC7(CC7)CN6C(=O)CC(C)C)[nH]5)ccc4c3)cc2)[nH]1. The van der Waals surface area contributed by atoms with E-state index in [1.54, 1.807) is 30.0 Å². The first-order valence-corrected chi connectivity index (χ1v) is 20.5. The average molecular weight is 776 g/mol. The summed E-state index contributed by atoms with van der Waals surface area (Å²) in [6.45, 7) is 5.92. The van der Waals surface area contributed by atoms with Gasteiger partial charge in [0.25, 0.3) is 0 Å². The van der Waals surface area contributed by atoms with Crippen molar-refractivity contribution in [2.75, 3.05) is 39.7 Å². The third-order valence-corrected chi connectivity index (χ3v) is 12.6. The Kier molecular flexibility index (Phi) is 10.6. The number of hydrogen-bond acceptors (Lipinski definition) is 8. The Balaban J connectivity index is 0.944. The molecular weight excluding hydrogens is 727 g/mol. The summed E-state index contributed by atoms with van der Waals surface area (Å²) >= 11 is 1.64. The lowest BCUT2D eigenvalue weighted by Gasteiger charge is -2.27. The van der Waals surface area contributed by atoms with Crippen LogP contribution < -0.4 is 5.32 Å². The average Bonchev–Trinajstić information content (AvgIpc) is 3.74. The maximum atomic E-state index is 13.5. The molecule has 2 aliphatic heterocycles. The molecule has 2 aromatic heterocycles. The molecule has 5 aromatic rings. The van der Waals surface area contributed by atoms with Crippen molar-refractivity contribution in [3.8, 4) is 33.6 Å². The topological polar surface area (TPSA) is 146 Å². The molecule has 1 aliphatic carbocycles. The molecule has 56 heavy (non-hydrogen) atoms. The van der Waals surface area contributed by atoms with Gasteiger partial charge in [0.15, 0.2) is 0 Å². The molecule has 0 radical (unpaired) electrons. The van der Waals surface area contributed by atoms with Crippen molar-refractivity contribution in [3.05, 3.63) is 84.7 Å². The summed E-state index contributed by atoms with van der Waals surface area (Å²) in [6.07, 6.45) is 7.35. The largest absolute Gasteiger partial charge is 0.453 e. The van der Waals surface area contributed by atoms with E-state index < -0.39 is 12.1 Å². The highest BCUT2D eigenvalue weighted by Crippen LogP contribution is 2.58. The van der Waals surface area contributed by atoms with Crippen molar-refractivity contribution in [3.63, 3.8) is 0 Å². The molecule has 292 valence electrons. The molecule has 2 saturated heterocycles. The summed E-state index contributed by atoms with van der Waals surface area (Å²) in [5.41, 5.74) is 6.38. The van der Waals surface area contributed by atoms with Crippen LogP contribution in [0.2, 0.25) is 0 Å². The lowest BCUT2D eigenvalue weighted by atomic mass is 9.98. The highest BCUT2D eigenvalue weighted by atomic mass is 32.2. The van der Waals surface area contributed by atoms with Crippen molar-refractivity contribution in [1.29, 1.82) is 0 Å². The van der Waals surface area contributed by atoms with E-state index in [1.807, 2.05) is 6.20 Å². The Hall–Kier alpha value is -5.14. The zero-order valence-electron chi connectivity index (χ0n) is 32.3. The number of H-pyrrole nitrogens is 2. The van der Waals surface area contributed by atoms with Gasteiger partial charge in [-0.1, -0.05) is 62.4 Å². The van der Waals surface area contributed by atoms with Crippen LogP contribution in [0.5, 0.6) is 0 Å². The number of nitrogens with one attached hydrogen (secondary N) is 3. The molecule has 13 heteroatoms. The van der Waals surface area contributed by atoms with Crippen molar-refractivity contribution < 1.29 is 23.9 Å². The summed E-state index contributed by atoms with van der Waals surface area (Å²) in [7, 11) is 2.84. The van der Waals surface area contributed by atoms with Gasteiger partial charge in [-0.3, -0.25) is 9.59 Å². The number of carbonyl (C=O) groups is 3. The van der Waals surface area contributed by atoms with Gasteiger partial charge in [-0.15, -0.1) is 11.8 Å². The molecule has 1 saturated carbocycles. The fraction of sp³-hybridized carbons (Fsp3) is 0.419. The Morgan fingerprint density at radius 2 is 1.52 bits per heavy atom. The van der Waals surface area contributed by atoms with Gasteiger partial charge >= 0.3 is 6.09 Å². The molecule has 4 heterocycles. The van der Waals surface area contributed by atoms with Crippen LogP contribution in [-0.4, -0.2) is 93.4 Å². The van der Waals surface area contributed by atoms with Crippen molar-refractivity contribution in [1.82, 2.24) is 35.1 Å². The van der Waals surface area contributed by atoms with Crippen molar-refractivity contribution in [2.24, 2.45) is 11.3 Å². The summed E-state index contributed by atoms with van der Waals surface area (Å²) in [6, 6.07) is 20.6. The number of hydrogen-bond donors (Lipinski definition) is 3. The van der Waals surface area contributed by atoms with Crippen molar-refractivity contribution >= 4 is 40.4 Å². The minimum absolute atomic E-state index is 0.0113. The molecule has 3 N–H and O–H groups in total. The minimum atomic E-state index is -0.761. The van der Waals surface area contributed by atoms with E-state index in [1.165, 1.54) is 20.0 Å². The van der Waals surface area contributed by atoms with Crippen LogP contribution >= 0.6 is 11.8 Å². The third kappa shape index (κ3) is 7.79. The predicted molar refractivity (Wildman–Crippen MR) is 217 cm³/mol. The number of fused-ring (bicyclic) bond motifs is 1. The number of likely N-dealkylation sites (tertiary alicyclic amines) is 1. The summed E-state index contributed by atoms with van der Waals surface area (Å²) in [5, 5.41) is 4.64. The van der Waals surface area contributed by atoms with E-state index in [0.29, 0.717) is 37.7 Å². The standard InChI is InChI=1S/C43H49N7O5S/c1-26(2)19-37(51)50-25-43(14-15-43)22-36(50)38-44-24-35(46-38)32-12-11-30-20-29(9-10-31(30)21-32)27-5-7-28(8-6-27)34-23-45-39(47-34)41-49(16-18-56-41)40(52)33(13-17-54-3)48-42(53)55-4/h5-12,20-21,23-24,26,33,36,41H,13-19,22,25H2,1-4H3,(H,44,46)(H,45,47)(H,48,53). The van der Waals surface area contributed by atoms with Crippen LogP contribution in [0.15, 0.2) is 73.1 Å². The number of amides is 3. The first-order valence-electron chi connectivity index (χ1n) is 19.4. The maximum absolute atomic E-state index is 13.5. The molecule has 3 unspecified atom stereocenters. The molecule has 12 nitrogen and oxygen atoms in total. The van der Waals surface area contributed by atoms with Crippen LogP contribution in [0.4, 0.5) is 4.79 Å². The number of thioether (sulfide) groups is 1. The number of imidazole rings is 2. The highest BCUT2D eigenvalue weighted by Gasteiger charge is 2.54. The van der Waals surface area contributed by atoms with E-state index >= 15 is 0 Å². The summed E-state index contributed by atoms with van der Waals surface area (Å²) < 4.78 is 9.93. The normalized spacial score (nSPS) is 19.2. The third-order valence-electron chi connectivity index (χ3n) is 11.3. The second-order valence-corrected chi connectivity index (χ2v) is 17.0. The fourth-order valence-electron chi connectivity index (χ4n) is 8.08. The second kappa shape index (κ2) is 15.8. The molecule has 1 spiro atoms. The number of aromatic amines is 2.